The maximum absolute atomic E-state index is 8.38. The summed E-state index contributed by atoms with van der Waals surface area (Å²) in [6.07, 6.45) is 2.57. The van der Waals surface area contributed by atoms with E-state index in [4.69, 9.17) is 10.9 Å². The Bertz CT molecular complexity index is 393. The quantitative estimate of drug-likeness (QED) is 0.185. The highest BCUT2D eigenvalue weighted by Gasteiger charge is 2.00. The number of oxime groups is 1. The average molecular weight is 347 g/mol. The van der Waals surface area contributed by atoms with Crippen LogP contribution in [0.25, 0.3) is 0 Å². The Kier molecular flexibility index (Phi) is 6.10. The van der Waals surface area contributed by atoms with E-state index in [9.17, 15) is 0 Å². The lowest BCUT2D eigenvalue weighted by Crippen LogP contribution is -2.12. The number of hydrogen-bond acceptors (Lipinski definition) is 3. The van der Waals surface area contributed by atoms with Gasteiger partial charge in [0.2, 0.25) is 0 Å². The summed E-state index contributed by atoms with van der Waals surface area (Å²) in [6, 6.07) is 6.23. The van der Waals surface area contributed by atoms with E-state index in [1.54, 1.807) is 0 Å². The van der Waals surface area contributed by atoms with Crippen molar-refractivity contribution in [3.05, 3.63) is 27.3 Å². The number of nitrogens with two attached hydrogens (primary N) is 1. The number of unbranched alkanes of at least 4 members (excludes halogenated alkanes) is 1. The van der Waals surface area contributed by atoms with Gasteiger partial charge in [0, 0.05) is 22.2 Å². The number of nitrogens with zero attached hydrogens (tertiary/aromatic N) is 1. The Morgan fingerprint density at radius 1 is 1.47 bits per heavy atom. The molecular weight excluding hydrogens is 329 g/mol. The fourth-order valence-electron chi connectivity index (χ4n) is 1.50. The van der Waals surface area contributed by atoms with E-state index in [0.29, 0.717) is 12.3 Å². The molecule has 0 spiro atoms. The van der Waals surface area contributed by atoms with Gasteiger partial charge < -0.3 is 16.3 Å². The summed E-state index contributed by atoms with van der Waals surface area (Å²) < 4.78 is 1.27. The SMILES string of the molecule is Cc1c(I)cccc1NCCCC/C(N)=N/O. The lowest BCUT2D eigenvalue weighted by molar-refractivity contribution is 0.316. The van der Waals surface area contributed by atoms with Crippen LogP contribution >= 0.6 is 22.6 Å². The Morgan fingerprint density at radius 2 is 2.24 bits per heavy atom. The summed E-state index contributed by atoms with van der Waals surface area (Å²) in [6.45, 7) is 3.01. The van der Waals surface area contributed by atoms with Gasteiger partial charge in [0.25, 0.3) is 0 Å². The summed E-state index contributed by atoms with van der Waals surface area (Å²) in [4.78, 5) is 0. The molecule has 0 atom stereocenters. The topological polar surface area (TPSA) is 70.6 Å². The first-order chi connectivity index (χ1) is 8.15. The molecule has 0 radical (unpaired) electrons. The van der Waals surface area contributed by atoms with Crippen molar-refractivity contribution in [1.82, 2.24) is 0 Å². The first-order valence-corrected chi connectivity index (χ1v) is 6.68. The van der Waals surface area contributed by atoms with Crippen molar-refractivity contribution in [1.29, 1.82) is 0 Å². The molecule has 94 valence electrons. The van der Waals surface area contributed by atoms with Crippen LogP contribution in [0.2, 0.25) is 0 Å². The highest BCUT2D eigenvalue weighted by molar-refractivity contribution is 14.1. The summed E-state index contributed by atoms with van der Waals surface area (Å²) in [5, 5.41) is 14.7. The third-order valence-electron chi connectivity index (χ3n) is 2.57. The Balaban J connectivity index is 2.29. The lowest BCUT2D eigenvalue weighted by atomic mass is 10.2. The van der Waals surface area contributed by atoms with Crippen LogP contribution in [-0.2, 0) is 0 Å². The molecule has 1 aromatic rings. The Morgan fingerprint density at radius 3 is 2.94 bits per heavy atom. The van der Waals surface area contributed by atoms with Crippen LogP contribution in [0.1, 0.15) is 24.8 Å². The van der Waals surface area contributed by atoms with Gasteiger partial charge in [-0.2, -0.15) is 0 Å². The van der Waals surface area contributed by atoms with Crippen molar-refractivity contribution in [2.24, 2.45) is 10.9 Å². The van der Waals surface area contributed by atoms with Crippen molar-refractivity contribution in [3.8, 4) is 0 Å². The molecule has 0 saturated heterocycles. The molecule has 0 aliphatic heterocycles. The maximum atomic E-state index is 8.38. The molecule has 0 aliphatic carbocycles. The number of halogens is 1. The number of benzene rings is 1. The van der Waals surface area contributed by atoms with Crippen LogP contribution in [-0.4, -0.2) is 17.6 Å². The van der Waals surface area contributed by atoms with Crippen LogP contribution < -0.4 is 11.1 Å². The van der Waals surface area contributed by atoms with E-state index in [2.05, 4.69) is 52.1 Å². The summed E-state index contributed by atoms with van der Waals surface area (Å²) >= 11 is 2.33. The standard InChI is InChI=1S/C12H18IN3O/c1-9-10(13)5-4-6-11(9)15-8-3-2-7-12(14)16-17/h4-6,15,17H,2-3,7-8H2,1H3,(H2,14,16). The van der Waals surface area contributed by atoms with Crippen molar-refractivity contribution in [2.75, 3.05) is 11.9 Å². The lowest BCUT2D eigenvalue weighted by Gasteiger charge is -2.10. The first-order valence-electron chi connectivity index (χ1n) is 5.60. The summed E-state index contributed by atoms with van der Waals surface area (Å²) in [5.74, 6) is 0.301. The molecule has 4 N–H and O–H groups in total. The normalized spacial score (nSPS) is 11.5. The molecule has 0 bridgehead atoms. The first kappa shape index (κ1) is 14.1. The van der Waals surface area contributed by atoms with E-state index >= 15 is 0 Å². The second kappa shape index (κ2) is 7.37. The minimum Gasteiger partial charge on any atom is -0.409 e. The molecule has 1 rings (SSSR count). The molecule has 5 heteroatoms. The zero-order valence-corrected chi connectivity index (χ0v) is 12.1. The third kappa shape index (κ3) is 4.80. The zero-order chi connectivity index (χ0) is 12.7. The third-order valence-corrected chi connectivity index (χ3v) is 3.74. The van der Waals surface area contributed by atoms with Gasteiger partial charge in [-0.25, -0.2) is 0 Å². The fourth-order valence-corrected chi connectivity index (χ4v) is 2.00. The summed E-state index contributed by atoms with van der Waals surface area (Å²) in [5.41, 5.74) is 7.85. The van der Waals surface area contributed by atoms with Gasteiger partial charge in [0.1, 0.15) is 5.84 Å². The van der Waals surface area contributed by atoms with Gasteiger partial charge in [-0.1, -0.05) is 11.2 Å². The van der Waals surface area contributed by atoms with Crippen LogP contribution in [0.3, 0.4) is 0 Å². The number of rotatable bonds is 6. The summed E-state index contributed by atoms with van der Waals surface area (Å²) in [7, 11) is 0. The van der Waals surface area contributed by atoms with E-state index in [0.717, 1.165) is 19.4 Å². The number of hydrogen-bond donors (Lipinski definition) is 3. The van der Waals surface area contributed by atoms with Crippen LogP contribution in [0.15, 0.2) is 23.4 Å². The van der Waals surface area contributed by atoms with Gasteiger partial charge >= 0.3 is 0 Å². The van der Waals surface area contributed by atoms with Gasteiger partial charge in [0.15, 0.2) is 0 Å². The molecule has 4 nitrogen and oxygen atoms in total. The van der Waals surface area contributed by atoms with Crippen LogP contribution in [0.5, 0.6) is 0 Å². The van der Waals surface area contributed by atoms with E-state index < -0.39 is 0 Å². The highest BCUT2D eigenvalue weighted by Crippen LogP contribution is 2.20. The second-order valence-electron chi connectivity index (χ2n) is 3.89. The molecule has 17 heavy (non-hydrogen) atoms. The van der Waals surface area contributed by atoms with E-state index in [1.165, 1.54) is 14.8 Å². The smallest absolute Gasteiger partial charge is 0.139 e. The average Bonchev–Trinajstić information content (AvgIpc) is 2.33. The highest BCUT2D eigenvalue weighted by atomic mass is 127. The molecular formula is C12H18IN3O. The minimum atomic E-state index is 0.301. The van der Waals surface area contributed by atoms with Crippen molar-refractivity contribution >= 4 is 34.1 Å². The van der Waals surface area contributed by atoms with Crippen LogP contribution in [0.4, 0.5) is 5.69 Å². The maximum Gasteiger partial charge on any atom is 0.139 e. The predicted octanol–water partition coefficient (Wildman–Crippen LogP) is 2.93. The van der Waals surface area contributed by atoms with Gasteiger partial charge in [-0.05, 0) is 60.1 Å². The largest absolute Gasteiger partial charge is 0.409 e. The zero-order valence-electron chi connectivity index (χ0n) is 9.91. The van der Waals surface area contributed by atoms with E-state index in [-0.39, 0.29) is 0 Å². The molecule has 0 aromatic heterocycles. The van der Waals surface area contributed by atoms with Gasteiger partial charge in [0.05, 0.1) is 0 Å². The predicted molar refractivity (Wildman–Crippen MR) is 79.6 cm³/mol. The second-order valence-corrected chi connectivity index (χ2v) is 5.05. The molecule has 0 aliphatic rings. The minimum absolute atomic E-state index is 0.301. The van der Waals surface area contributed by atoms with Crippen LogP contribution in [0, 0.1) is 10.5 Å². The van der Waals surface area contributed by atoms with Crippen molar-refractivity contribution in [3.63, 3.8) is 0 Å². The molecule has 0 heterocycles. The number of anilines is 1. The van der Waals surface area contributed by atoms with Crippen molar-refractivity contribution < 1.29 is 5.21 Å². The molecule has 0 saturated carbocycles. The molecule has 0 unspecified atom stereocenters. The molecule has 1 aromatic carbocycles. The van der Waals surface area contributed by atoms with Gasteiger partial charge in [-0.3, -0.25) is 0 Å². The fraction of sp³-hybridized carbons (Fsp3) is 0.417. The van der Waals surface area contributed by atoms with Crippen molar-refractivity contribution in [2.45, 2.75) is 26.2 Å². The number of nitrogens with one attached hydrogen (secondary N) is 1. The number of amidine groups is 1. The van der Waals surface area contributed by atoms with Gasteiger partial charge in [-0.15, -0.1) is 0 Å². The monoisotopic (exact) mass is 347 g/mol. The Labute approximate surface area is 115 Å². The Hall–Kier alpha value is -0.980. The molecule has 0 fully saturated rings. The van der Waals surface area contributed by atoms with E-state index in [1.807, 2.05) is 6.07 Å². The molecule has 0 amide bonds.